The number of rotatable bonds is 5. The molecule has 6 nitrogen and oxygen atoms in total. The molecule has 0 aromatic carbocycles. The van der Waals surface area contributed by atoms with Crippen molar-refractivity contribution >= 4 is 17.7 Å². The first kappa shape index (κ1) is 18.7. The summed E-state index contributed by atoms with van der Waals surface area (Å²) < 4.78 is 1.85. The highest BCUT2D eigenvalue weighted by Crippen LogP contribution is 2.37. The maximum Gasteiger partial charge on any atom is 0.255 e. The summed E-state index contributed by atoms with van der Waals surface area (Å²) in [5.41, 5.74) is 0.0625. The van der Waals surface area contributed by atoms with E-state index in [1.54, 1.807) is 16.7 Å². The zero-order chi connectivity index (χ0) is 18.0. The highest BCUT2D eigenvalue weighted by atomic mass is 32.2. The summed E-state index contributed by atoms with van der Waals surface area (Å²) in [7, 11) is 3.79. The predicted octanol–water partition coefficient (Wildman–Crippen LogP) is 1.52. The van der Waals surface area contributed by atoms with Gasteiger partial charge in [-0.3, -0.25) is 14.4 Å². The van der Waals surface area contributed by atoms with Gasteiger partial charge in [0.15, 0.2) is 5.60 Å². The summed E-state index contributed by atoms with van der Waals surface area (Å²) >= 11 is 1.66. The van der Waals surface area contributed by atoms with Gasteiger partial charge in [-0.2, -0.15) is 16.9 Å². The molecule has 0 aliphatic carbocycles. The van der Waals surface area contributed by atoms with Crippen molar-refractivity contribution in [3.63, 3.8) is 0 Å². The number of aliphatic hydroxyl groups is 1. The lowest BCUT2D eigenvalue weighted by Crippen LogP contribution is -2.51. The van der Waals surface area contributed by atoms with Crippen molar-refractivity contribution in [1.29, 1.82) is 0 Å². The molecule has 25 heavy (non-hydrogen) atoms. The largest absolute Gasteiger partial charge is 0.379 e. The van der Waals surface area contributed by atoms with E-state index in [4.69, 9.17) is 0 Å². The summed E-state index contributed by atoms with van der Waals surface area (Å²) in [4.78, 5) is 17.0. The first-order valence-electron chi connectivity index (χ1n) is 9.23. The summed E-state index contributed by atoms with van der Waals surface area (Å²) in [6.07, 6.45) is 6.86. The van der Waals surface area contributed by atoms with Crippen LogP contribution in [0.5, 0.6) is 0 Å². The zero-order valence-electron chi connectivity index (χ0n) is 15.5. The standard InChI is InChI=1S/C18H30N4O2S/c1-4-22-8-5-6-14(16(22)15-10-19-21(3)12-15)11-20(2)17(23)18(24)7-9-25-13-18/h10,12,14,16,24H,4-9,11,13H2,1-3H3/t14-,16+,18+/m0/s1. The van der Waals surface area contributed by atoms with E-state index in [2.05, 4.69) is 23.1 Å². The second-order valence-electron chi connectivity index (χ2n) is 7.44. The lowest BCUT2D eigenvalue weighted by Gasteiger charge is -2.42. The minimum Gasteiger partial charge on any atom is -0.379 e. The molecule has 0 saturated carbocycles. The van der Waals surface area contributed by atoms with Crippen LogP contribution in [-0.2, 0) is 11.8 Å². The highest BCUT2D eigenvalue weighted by molar-refractivity contribution is 7.99. The SMILES string of the molecule is CCN1CCC[C@@H](CN(C)C(=O)[C@@]2(O)CCSC2)[C@@H]1c1cnn(C)c1. The first-order valence-corrected chi connectivity index (χ1v) is 10.4. The molecule has 2 aliphatic heterocycles. The number of hydrogen-bond donors (Lipinski definition) is 1. The maximum atomic E-state index is 12.8. The van der Waals surface area contributed by atoms with Gasteiger partial charge in [0, 0.05) is 44.2 Å². The third kappa shape index (κ3) is 3.88. The van der Waals surface area contributed by atoms with Gasteiger partial charge in [-0.25, -0.2) is 0 Å². The summed E-state index contributed by atoms with van der Waals surface area (Å²) in [6, 6.07) is 0.287. The number of aromatic nitrogens is 2. The molecule has 1 aromatic heterocycles. The Hall–Kier alpha value is -1.05. The van der Waals surface area contributed by atoms with Crippen LogP contribution in [0.4, 0.5) is 0 Å². The van der Waals surface area contributed by atoms with Gasteiger partial charge in [0.1, 0.15) is 0 Å². The molecule has 3 atom stereocenters. The topological polar surface area (TPSA) is 61.6 Å². The molecular weight excluding hydrogens is 336 g/mol. The Morgan fingerprint density at radius 1 is 1.56 bits per heavy atom. The smallest absolute Gasteiger partial charge is 0.255 e. The van der Waals surface area contributed by atoms with E-state index in [-0.39, 0.29) is 11.9 Å². The lowest BCUT2D eigenvalue weighted by molar-refractivity contribution is -0.148. The van der Waals surface area contributed by atoms with Gasteiger partial charge in [-0.05, 0) is 44.0 Å². The zero-order valence-corrected chi connectivity index (χ0v) is 16.3. The number of carbonyl (C=O) groups is 1. The third-order valence-electron chi connectivity index (χ3n) is 5.59. The quantitative estimate of drug-likeness (QED) is 0.856. The number of amides is 1. The Morgan fingerprint density at radius 2 is 2.36 bits per heavy atom. The van der Waals surface area contributed by atoms with Crippen LogP contribution in [0.3, 0.4) is 0 Å². The summed E-state index contributed by atoms with van der Waals surface area (Å²) in [6.45, 7) is 4.96. The second-order valence-corrected chi connectivity index (χ2v) is 8.55. The fourth-order valence-corrected chi connectivity index (χ4v) is 5.52. The fraction of sp³-hybridized carbons (Fsp3) is 0.778. The van der Waals surface area contributed by atoms with E-state index in [9.17, 15) is 9.90 Å². The van der Waals surface area contributed by atoms with Crippen LogP contribution in [0.15, 0.2) is 12.4 Å². The van der Waals surface area contributed by atoms with Crippen LogP contribution in [0.2, 0.25) is 0 Å². The van der Waals surface area contributed by atoms with Gasteiger partial charge in [-0.15, -0.1) is 0 Å². The van der Waals surface area contributed by atoms with Gasteiger partial charge < -0.3 is 10.0 Å². The second kappa shape index (κ2) is 7.68. The number of piperidine rings is 1. The minimum absolute atomic E-state index is 0.115. The monoisotopic (exact) mass is 366 g/mol. The lowest BCUT2D eigenvalue weighted by atomic mass is 9.85. The molecule has 3 heterocycles. The molecule has 2 fully saturated rings. The van der Waals surface area contributed by atoms with E-state index < -0.39 is 5.60 Å². The Morgan fingerprint density at radius 3 is 2.96 bits per heavy atom. The van der Waals surface area contributed by atoms with Crippen LogP contribution >= 0.6 is 11.8 Å². The van der Waals surface area contributed by atoms with Crippen molar-refractivity contribution in [2.45, 2.75) is 37.8 Å². The Labute approximate surface area is 154 Å². The van der Waals surface area contributed by atoms with Crippen molar-refractivity contribution in [2.24, 2.45) is 13.0 Å². The first-order chi connectivity index (χ1) is 11.9. The molecule has 0 radical (unpaired) electrons. The number of likely N-dealkylation sites (tertiary alicyclic amines) is 1. The molecule has 0 bridgehead atoms. The molecule has 1 aromatic rings. The molecular formula is C18H30N4O2S. The maximum absolute atomic E-state index is 12.8. The molecule has 1 amide bonds. The van der Waals surface area contributed by atoms with Crippen molar-refractivity contribution in [1.82, 2.24) is 19.6 Å². The fourth-order valence-electron chi connectivity index (χ4n) is 4.29. The van der Waals surface area contributed by atoms with E-state index >= 15 is 0 Å². The Balaban J connectivity index is 1.75. The number of hydrogen-bond acceptors (Lipinski definition) is 5. The van der Waals surface area contributed by atoms with Crippen LogP contribution in [0.1, 0.15) is 37.8 Å². The van der Waals surface area contributed by atoms with Gasteiger partial charge in [0.25, 0.3) is 5.91 Å². The van der Waals surface area contributed by atoms with Crippen LogP contribution in [0, 0.1) is 5.92 Å². The average Bonchev–Trinajstić information content (AvgIpc) is 3.23. The number of nitrogens with zero attached hydrogens (tertiary/aromatic N) is 4. The molecule has 2 saturated heterocycles. The van der Waals surface area contributed by atoms with Crippen molar-refractivity contribution in [2.75, 3.05) is 38.2 Å². The van der Waals surface area contributed by atoms with Crippen molar-refractivity contribution < 1.29 is 9.90 Å². The third-order valence-corrected chi connectivity index (χ3v) is 6.76. The van der Waals surface area contributed by atoms with Crippen molar-refractivity contribution in [3.8, 4) is 0 Å². The van der Waals surface area contributed by atoms with E-state index in [0.29, 0.717) is 24.6 Å². The highest BCUT2D eigenvalue weighted by Gasteiger charge is 2.42. The van der Waals surface area contributed by atoms with Crippen molar-refractivity contribution in [3.05, 3.63) is 18.0 Å². The molecule has 3 rings (SSSR count). The minimum atomic E-state index is -1.16. The van der Waals surface area contributed by atoms with Crippen LogP contribution in [-0.4, -0.2) is 74.4 Å². The normalized spacial score (nSPS) is 30.6. The van der Waals surface area contributed by atoms with E-state index in [1.165, 1.54) is 5.56 Å². The molecule has 0 unspecified atom stereocenters. The molecule has 2 aliphatic rings. The molecule has 0 spiro atoms. The summed E-state index contributed by atoms with van der Waals surface area (Å²) in [5, 5.41) is 15.0. The van der Waals surface area contributed by atoms with Gasteiger partial charge >= 0.3 is 0 Å². The van der Waals surface area contributed by atoms with E-state index in [1.807, 2.05) is 25.0 Å². The summed E-state index contributed by atoms with van der Waals surface area (Å²) in [5.74, 6) is 1.63. The number of likely N-dealkylation sites (N-methyl/N-ethyl adjacent to an activating group) is 1. The van der Waals surface area contributed by atoms with E-state index in [0.717, 1.165) is 31.7 Å². The average molecular weight is 367 g/mol. The predicted molar refractivity (Wildman–Crippen MR) is 100 cm³/mol. The Bertz CT molecular complexity index is 600. The van der Waals surface area contributed by atoms with Gasteiger partial charge in [-0.1, -0.05) is 6.92 Å². The Kier molecular flexibility index (Phi) is 5.75. The molecule has 7 heteroatoms. The molecule has 1 N–H and O–H groups in total. The van der Waals surface area contributed by atoms with Gasteiger partial charge in [0.2, 0.25) is 0 Å². The van der Waals surface area contributed by atoms with Gasteiger partial charge in [0.05, 0.1) is 6.20 Å². The number of aryl methyl sites for hydroxylation is 1. The molecule has 140 valence electrons. The van der Waals surface area contributed by atoms with Crippen LogP contribution in [0.25, 0.3) is 0 Å². The number of carbonyl (C=O) groups excluding carboxylic acids is 1. The van der Waals surface area contributed by atoms with Crippen LogP contribution < -0.4 is 0 Å². The number of thioether (sulfide) groups is 1.